The Hall–Kier alpha value is -3.64. The number of benzene rings is 2. The third-order valence-electron chi connectivity index (χ3n) is 5.03. The number of ether oxygens (including phenoxy) is 1. The number of pyridine rings is 1. The van der Waals surface area contributed by atoms with Crippen LogP contribution in [-0.2, 0) is 22.6 Å². The van der Waals surface area contributed by atoms with Crippen LogP contribution in [0.5, 0.6) is 0 Å². The highest BCUT2D eigenvalue weighted by molar-refractivity contribution is 5.78. The lowest BCUT2D eigenvalue weighted by Gasteiger charge is -2.12. The summed E-state index contributed by atoms with van der Waals surface area (Å²) in [5, 5.41) is 4.10. The number of hydrogen-bond donors (Lipinski definition) is 0. The highest BCUT2D eigenvalue weighted by Gasteiger charge is 2.15. The molecule has 0 unspecified atom stereocenters. The summed E-state index contributed by atoms with van der Waals surface area (Å²) in [5.74, 6) is 0.952. The molecule has 0 aliphatic rings. The number of hydrogen-bond acceptors (Lipinski definition) is 6. The maximum Gasteiger partial charge on any atom is 0.258 e. The third kappa shape index (κ3) is 4.59. The molecule has 0 spiro atoms. The van der Waals surface area contributed by atoms with Crippen molar-refractivity contribution < 1.29 is 14.1 Å². The van der Waals surface area contributed by atoms with E-state index < -0.39 is 0 Å². The molecule has 0 saturated carbocycles. The summed E-state index contributed by atoms with van der Waals surface area (Å²) < 4.78 is 11.0. The van der Waals surface area contributed by atoms with Gasteiger partial charge in [0.05, 0.1) is 6.61 Å². The highest BCUT2D eigenvalue weighted by atomic mass is 16.5. The molecule has 0 atom stereocenters. The minimum absolute atomic E-state index is 0.0723. The molecule has 4 aromatic rings. The van der Waals surface area contributed by atoms with E-state index in [1.165, 1.54) is 11.1 Å². The molecule has 0 saturated heterocycles. The zero-order valence-electron chi connectivity index (χ0n) is 17.8. The van der Waals surface area contributed by atoms with Crippen LogP contribution in [0.2, 0.25) is 0 Å². The predicted molar refractivity (Wildman–Crippen MR) is 118 cm³/mol. The van der Waals surface area contributed by atoms with Crippen LogP contribution in [0.1, 0.15) is 23.7 Å². The van der Waals surface area contributed by atoms with Gasteiger partial charge in [-0.2, -0.15) is 4.98 Å². The van der Waals surface area contributed by atoms with E-state index in [0.29, 0.717) is 24.7 Å². The minimum atomic E-state index is 0.0723. The lowest BCUT2D eigenvalue weighted by molar-refractivity contribution is -0.116. The molecule has 6 heteroatoms. The van der Waals surface area contributed by atoms with E-state index in [-0.39, 0.29) is 5.78 Å². The fraction of sp³-hybridized carbons (Fsp3) is 0.200. The zero-order chi connectivity index (χ0) is 21.8. The standard InChI is InChI=1S/C25H23N3O3/c1-16-6-4-5-7-22(16)23-11-9-18(13-20(23)15-30-3)25-27-24(28-31-25)19-8-10-21(26-14-19)12-17(2)29/h4-11,13-14H,12,15H2,1-3H3. The van der Waals surface area contributed by atoms with Crippen LogP contribution >= 0.6 is 0 Å². The summed E-state index contributed by atoms with van der Waals surface area (Å²) >= 11 is 0. The van der Waals surface area contributed by atoms with Gasteiger partial charge in [0.1, 0.15) is 5.78 Å². The fourth-order valence-corrected chi connectivity index (χ4v) is 3.51. The van der Waals surface area contributed by atoms with Gasteiger partial charge in [0.25, 0.3) is 5.89 Å². The first-order valence-electron chi connectivity index (χ1n) is 10.0. The molecule has 0 amide bonds. The van der Waals surface area contributed by atoms with Gasteiger partial charge in [-0.1, -0.05) is 35.5 Å². The number of nitrogens with zero attached hydrogens (tertiary/aromatic N) is 3. The smallest absolute Gasteiger partial charge is 0.258 e. The van der Waals surface area contributed by atoms with Crippen molar-refractivity contribution in [3.63, 3.8) is 0 Å². The Kier molecular flexibility index (Phi) is 6.00. The number of Topliss-reactive ketones (excluding diaryl/α,β-unsaturated/α-hetero) is 1. The summed E-state index contributed by atoms with van der Waals surface area (Å²) in [5.41, 5.74) is 6.81. The zero-order valence-corrected chi connectivity index (χ0v) is 17.8. The molecule has 0 radical (unpaired) electrons. The second-order valence-corrected chi connectivity index (χ2v) is 7.46. The number of ketones is 1. The topological polar surface area (TPSA) is 78.1 Å². The van der Waals surface area contributed by atoms with Crippen molar-refractivity contribution >= 4 is 5.78 Å². The van der Waals surface area contributed by atoms with Crippen molar-refractivity contribution in [2.24, 2.45) is 0 Å². The first-order valence-corrected chi connectivity index (χ1v) is 10.0. The highest BCUT2D eigenvalue weighted by Crippen LogP contribution is 2.31. The summed E-state index contributed by atoms with van der Waals surface area (Å²) in [7, 11) is 1.68. The van der Waals surface area contributed by atoms with Crippen LogP contribution in [0.15, 0.2) is 65.3 Å². The lowest BCUT2D eigenvalue weighted by atomic mass is 9.94. The van der Waals surface area contributed by atoms with Gasteiger partial charge in [0.2, 0.25) is 5.82 Å². The molecule has 0 fully saturated rings. The van der Waals surface area contributed by atoms with E-state index in [9.17, 15) is 4.79 Å². The van der Waals surface area contributed by atoms with Crippen LogP contribution in [0.4, 0.5) is 0 Å². The normalized spacial score (nSPS) is 10.9. The average molecular weight is 413 g/mol. The Morgan fingerprint density at radius 2 is 1.84 bits per heavy atom. The molecule has 31 heavy (non-hydrogen) atoms. The number of aromatic nitrogens is 3. The molecular weight excluding hydrogens is 390 g/mol. The van der Waals surface area contributed by atoms with E-state index in [0.717, 1.165) is 27.9 Å². The molecule has 2 heterocycles. The molecular formula is C25H23N3O3. The van der Waals surface area contributed by atoms with E-state index in [4.69, 9.17) is 9.26 Å². The van der Waals surface area contributed by atoms with Gasteiger partial charge in [-0.3, -0.25) is 9.78 Å². The maximum atomic E-state index is 11.2. The van der Waals surface area contributed by atoms with Crippen molar-refractivity contribution in [1.82, 2.24) is 15.1 Å². The van der Waals surface area contributed by atoms with Crippen molar-refractivity contribution in [2.45, 2.75) is 26.9 Å². The minimum Gasteiger partial charge on any atom is -0.380 e. The van der Waals surface area contributed by atoms with Gasteiger partial charge in [0.15, 0.2) is 0 Å². The Morgan fingerprint density at radius 1 is 1.03 bits per heavy atom. The van der Waals surface area contributed by atoms with E-state index >= 15 is 0 Å². The number of carbonyl (C=O) groups is 1. The first kappa shape index (κ1) is 20.6. The van der Waals surface area contributed by atoms with Gasteiger partial charge in [-0.15, -0.1) is 0 Å². The van der Waals surface area contributed by atoms with E-state index in [1.807, 2.05) is 30.3 Å². The fourth-order valence-electron chi connectivity index (χ4n) is 3.51. The van der Waals surface area contributed by atoms with Crippen molar-refractivity contribution in [2.75, 3.05) is 7.11 Å². The van der Waals surface area contributed by atoms with Gasteiger partial charge in [-0.05, 0) is 60.4 Å². The SMILES string of the molecule is COCc1cc(-c2nc(-c3ccc(CC(C)=O)nc3)no2)ccc1-c1ccccc1C. The van der Waals surface area contributed by atoms with Crippen LogP contribution in [0, 0.1) is 6.92 Å². The first-order chi connectivity index (χ1) is 15.0. The van der Waals surface area contributed by atoms with Gasteiger partial charge in [-0.25, -0.2) is 0 Å². The van der Waals surface area contributed by atoms with Crippen LogP contribution in [0.25, 0.3) is 34.0 Å². The Bertz CT molecular complexity index is 1210. The molecule has 4 rings (SSSR count). The number of aryl methyl sites for hydroxylation is 1. The molecule has 0 aliphatic carbocycles. The number of carbonyl (C=O) groups excluding carboxylic acids is 1. The molecule has 156 valence electrons. The quantitative estimate of drug-likeness (QED) is 0.422. The van der Waals surface area contributed by atoms with Gasteiger partial charge >= 0.3 is 0 Å². The van der Waals surface area contributed by atoms with Crippen molar-refractivity contribution in [3.05, 3.63) is 77.6 Å². The van der Waals surface area contributed by atoms with Crippen LogP contribution in [0.3, 0.4) is 0 Å². The monoisotopic (exact) mass is 413 g/mol. The molecule has 6 nitrogen and oxygen atoms in total. The number of methoxy groups -OCH3 is 1. The Labute approximate surface area is 180 Å². The second-order valence-electron chi connectivity index (χ2n) is 7.46. The molecule has 0 bridgehead atoms. The second kappa shape index (κ2) is 9.02. The Balaban J connectivity index is 1.65. The Morgan fingerprint density at radius 3 is 2.55 bits per heavy atom. The molecule has 0 N–H and O–H groups in total. The summed E-state index contributed by atoms with van der Waals surface area (Å²) in [4.78, 5) is 20.1. The summed E-state index contributed by atoms with van der Waals surface area (Å²) in [6, 6.07) is 18.0. The molecule has 2 aromatic carbocycles. The largest absolute Gasteiger partial charge is 0.380 e. The van der Waals surface area contributed by atoms with E-state index in [1.54, 1.807) is 26.3 Å². The van der Waals surface area contributed by atoms with Crippen molar-refractivity contribution in [1.29, 1.82) is 0 Å². The molecule has 2 aromatic heterocycles. The summed E-state index contributed by atoms with van der Waals surface area (Å²) in [6.45, 7) is 4.11. The maximum absolute atomic E-state index is 11.2. The summed E-state index contributed by atoms with van der Waals surface area (Å²) in [6.07, 6.45) is 1.97. The number of rotatable bonds is 7. The van der Waals surface area contributed by atoms with Crippen LogP contribution in [-0.4, -0.2) is 28.0 Å². The van der Waals surface area contributed by atoms with Crippen molar-refractivity contribution in [3.8, 4) is 34.0 Å². The average Bonchev–Trinajstić information content (AvgIpc) is 3.25. The van der Waals surface area contributed by atoms with Gasteiger partial charge < -0.3 is 9.26 Å². The third-order valence-corrected chi connectivity index (χ3v) is 5.03. The van der Waals surface area contributed by atoms with Gasteiger partial charge in [0, 0.05) is 36.5 Å². The lowest BCUT2D eigenvalue weighted by Crippen LogP contribution is -1.98. The predicted octanol–water partition coefficient (Wildman–Crippen LogP) is 5.05. The molecule has 0 aliphatic heterocycles. The van der Waals surface area contributed by atoms with Crippen LogP contribution < -0.4 is 0 Å². The van der Waals surface area contributed by atoms with E-state index in [2.05, 4.69) is 40.2 Å².